The molecule has 0 saturated heterocycles. The van der Waals surface area contributed by atoms with Crippen LogP contribution in [0.4, 0.5) is 0 Å². The van der Waals surface area contributed by atoms with Crippen LogP contribution < -0.4 is 10.3 Å². The van der Waals surface area contributed by atoms with Crippen LogP contribution in [0.2, 0.25) is 0 Å². The minimum Gasteiger partial charge on any atom is -0.485 e. The number of hydrogen-bond acceptors (Lipinski definition) is 2. The van der Waals surface area contributed by atoms with Crippen molar-refractivity contribution in [1.29, 1.82) is 0 Å². The first-order valence-corrected chi connectivity index (χ1v) is 6.69. The molecule has 2 unspecified atom stereocenters. The molecule has 2 heterocycles. The molecule has 1 aliphatic carbocycles. The lowest BCUT2D eigenvalue weighted by Crippen LogP contribution is -2.34. The SMILES string of the molecule is Cn1c(=O)c2c(c3ccccc31)OC1C=CCC1C2. The third-order valence-electron chi connectivity index (χ3n) is 4.30. The first-order valence-electron chi connectivity index (χ1n) is 6.69. The lowest BCUT2D eigenvalue weighted by atomic mass is 9.91. The molecule has 3 heteroatoms. The summed E-state index contributed by atoms with van der Waals surface area (Å²) in [5.41, 5.74) is 1.86. The van der Waals surface area contributed by atoms with E-state index in [4.69, 9.17) is 4.74 Å². The number of hydrogen-bond donors (Lipinski definition) is 0. The lowest BCUT2D eigenvalue weighted by Gasteiger charge is -2.29. The Bertz CT molecular complexity index is 757. The van der Waals surface area contributed by atoms with E-state index >= 15 is 0 Å². The van der Waals surface area contributed by atoms with Crippen LogP contribution in [0.25, 0.3) is 10.9 Å². The standard InChI is InChI=1S/C16H15NO2/c1-17-13-7-3-2-6-11(13)15-12(16(17)18)9-10-5-4-8-14(10)19-15/h2-4,6-8,10,14H,5,9H2,1H3. The van der Waals surface area contributed by atoms with E-state index in [2.05, 4.69) is 12.2 Å². The molecule has 2 aromatic rings. The fourth-order valence-electron chi connectivity index (χ4n) is 3.26. The van der Waals surface area contributed by atoms with E-state index in [-0.39, 0.29) is 11.7 Å². The molecule has 0 N–H and O–H groups in total. The first kappa shape index (κ1) is 10.9. The number of aromatic nitrogens is 1. The predicted molar refractivity (Wildman–Crippen MR) is 74.6 cm³/mol. The molecule has 0 radical (unpaired) electrons. The molecule has 1 aliphatic heterocycles. The maximum atomic E-state index is 12.5. The van der Waals surface area contributed by atoms with E-state index in [0.717, 1.165) is 35.1 Å². The molecule has 3 nitrogen and oxygen atoms in total. The van der Waals surface area contributed by atoms with Crippen molar-refractivity contribution in [3.8, 4) is 5.75 Å². The van der Waals surface area contributed by atoms with Crippen LogP contribution in [0.15, 0.2) is 41.2 Å². The second kappa shape index (κ2) is 3.73. The van der Waals surface area contributed by atoms with Gasteiger partial charge in [-0.3, -0.25) is 4.79 Å². The minimum absolute atomic E-state index is 0.0825. The molecular formula is C16H15NO2. The van der Waals surface area contributed by atoms with Crippen LogP contribution in [-0.2, 0) is 13.5 Å². The van der Waals surface area contributed by atoms with E-state index in [1.807, 2.05) is 31.3 Å². The average Bonchev–Trinajstić information content (AvgIpc) is 2.90. The highest BCUT2D eigenvalue weighted by atomic mass is 16.5. The Morgan fingerprint density at radius 1 is 1.32 bits per heavy atom. The molecule has 1 aromatic heterocycles. The van der Waals surface area contributed by atoms with Crippen LogP contribution >= 0.6 is 0 Å². The highest BCUT2D eigenvalue weighted by Gasteiger charge is 2.33. The van der Waals surface area contributed by atoms with Crippen LogP contribution in [-0.4, -0.2) is 10.7 Å². The zero-order valence-corrected chi connectivity index (χ0v) is 10.8. The molecule has 1 aromatic carbocycles. The molecule has 0 fully saturated rings. The molecule has 2 atom stereocenters. The molecule has 0 saturated carbocycles. The summed E-state index contributed by atoms with van der Waals surface area (Å²) in [6, 6.07) is 7.95. The van der Waals surface area contributed by atoms with Crippen molar-refractivity contribution in [2.45, 2.75) is 18.9 Å². The van der Waals surface area contributed by atoms with Crippen LogP contribution in [0.5, 0.6) is 5.75 Å². The highest BCUT2D eigenvalue weighted by molar-refractivity contribution is 5.87. The van der Waals surface area contributed by atoms with Crippen molar-refractivity contribution in [2.75, 3.05) is 0 Å². The van der Waals surface area contributed by atoms with E-state index in [1.165, 1.54) is 0 Å². The van der Waals surface area contributed by atoms with E-state index in [9.17, 15) is 4.79 Å². The Kier molecular flexibility index (Phi) is 2.13. The van der Waals surface area contributed by atoms with Gasteiger partial charge in [0.15, 0.2) is 0 Å². The van der Waals surface area contributed by atoms with Gasteiger partial charge in [0.1, 0.15) is 11.9 Å². The van der Waals surface area contributed by atoms with Gasteiger partial charge in [0.25, 0.3) is 5.56 Å². The van der Waals surface area contributed by atoms with Crippen molar-refractivity contribution in [3.63, 3.8) is 0 Å². The van der Waals surface area contributed by atoms with E-state index in [0.29, 0.717) is 5.92 Å². The summed E-state index contributed by atoms with van der Waals surface area (Å²) in [4.78, 5) is 12.5. The van der Waals surface area contributed by atoms with Crippen molar-refractivity contribution in [1.82, 2.24) is 4.57 Å². The smallest absolute Gasteiger partial charge is 0.257 e. The van der Waals surface area contributed by atoms with Crippen LogP contribution in [0.3, 0.4) is 0 Å². The summed E-state index contributed by atoms with van der Waals surface area (Å²) >= 11 is 0. The number of aryl methyl sites for hydroxylation is 1. The number of nitrogens with zero attached hydrogens (tertiary/aromatic N) is 1. The largest absolute Gasteiger partial charge is 0.485 e. The second-order valence-corrected chi connectivity index (χ2v) is 5.40. The number of allylic oxidation sites excluding steroid dienone is 1. The van der Waals surface area contributed by atoms with E-state index < -0.39 is 0 Å². The number of para-hydroxylation sites is 1. The van der Waals surface area contributed by atoms with Gasteiger partial charge in [-0.1, -0.05) is 18.2 Å². The van der Waals surface area contributed by atoms with Gasteiger partial charge >= 0.3 is 0 Å². The summed E-state index contributed by atoms with van der Waals surface area (Å²) in [6.45, 7) is 0. The van der Waals surface area contributed by atoms with Gasteiger partial charge in [0.2, 0.25) is 0 Å². The maximum Gasteiger partial charge on any atom is 0.257 e. The van der Waals surface area contributed by atoms with Gasteiger partial charge in [-0.2, -0.15) is 0 Å². The lowest BCUT2D eigenvalue weighted by molar-refractivity contribution is 0.168. The normalized spacial score (nSPS) is 24.1. The van der Waals surface area contributed by atoms with Crippen molar-refractivity contribution >= 4 is 10.9 Å². The Hall–Kier alpha value is -2.03. The predicted octanol–water partition coefficient (Wildman–Crippen LogP) is 2.42. The Labute approximate surface area is 111 Å². The van der Waals surface area contributed by atoms with Gasteiger partial charge < -0.3 is 9.30 Å². The fourth-order valence-corrected chi connectivity index (χ4v) is 3.26. The van der Waals surface area contributed by atoms with Crippen molar-refractivity contribution in [2.24, 2.45) is 13.0 Å². The zero-order chi connectivity index (χ0) is 13.0. The van der Waals surface area contributed by atoms with Crippen LogP contribution in [0, 0.1) is 5.92 Å². The number of fused-ring (bicyclic) bond motifs is 4. The third kappa shape index (κ3) is 1.41. The Morgan fingerprint density at radius 2 is 2.16 bits per heavy atom. The molecule has 0 spiro atoms. The quantitative estimate of drug-likeness (QED) is 0.675. The average molecular weight is 253 g/mol. The summed E-state index contributed by atoms with van der Waals surface area (Å²) < 4.78 is 7.84. The summed E-state index contributed by atoms with van der Waals surface area (Å²) in [5, 5.41) is 1.04. The number of pyridine rings is 1. The molecule has 4 rings (SSSR count). The van der Waals surface area contributed by atoms with E-state index in [1.54, 1.807) is 4.57 Å². The number of ether oxygens (including phenoxy) is 1. The summed E-state index contributed by atoms with van der Waals surface area (Å²) in [6.07, 6.45) is 6.27. The van der Waals surface area contributed by atoms with Gasteiger partial charge in [0.05, 0.1) is 11.1 Å². The summed E-state index contributed by atoms with van der Waals surface area (Å²) in [7, 11) is 1.84. The van der Waals surface area contributed by atoms with Gasteiger partial charge in [-0.15, -0.1) is 0 Å². The Morgan fingerprint density at radius 3 is 3.05 bits per heavy atom. The topological polar surface area (TPSA) is 31.2 Å². The molecule has 0 amide bonds. The summed E-state index contributed by atoms with van der Waals surface area (Å²) in [5.74, 6) is 1.23. The molecule has 19 heavy (non-hydrogen) atoms. The molecule has 2 aliphatic rings. The van der Waals surface area contributed by atoms with Gasteiger partial charge in [-0.05, 0) is 31.1 Å². The highest BCUT2D eigenvalue weighted by Crippen LogP contribution is 2.38. The van der Waals surface area contributed by atoms with Crippen molar-refractivity contribution in [3.05, 3.63) is 52.3 Å². The number of rotatable bonds is 0. The van der Waals surface area contributed by atoms with Gasteiger partial charge in [0, 0.05) is 18.4 Å². The number of benzene rings is 1. The molecule has 0 bridgehead atoms. The molecule has 96 valence electrons. The minimum atomic E-state index is 0.0825. The third-order valence-corrected chi connectivity index (χ3v) is 4.30. The fraction of sp³-hybridized carbons (Fsp3) is 0.312. The monoisotopic (exact) mass is 253 g/mol. The Balaban J connectivity index is 2.05. The van der Waals surface area contributed by atoms with Crippen molar-refractivity contribution < 1.29 is 4.74 Å². The zero-order valence-electron chi connectivity index (χ0n) is 10.8. The maximum absolute atomic E-state index is 12.5. The molecular weight excluding hydrogens is 238 g/mol. The van der Waals surface area contributed by atoms with Crippen LogP contribution in [0.1, 0.15) is 12.0 Å². The van der Waals surface area contributed by atoms with Gasteiger partial charge in [-0.25, -0.2) is 0 Å². The first-order chi connectivity index (χ1) is 9.25. The second-order valence-electron chi connectivity index (χ2n) is 5.40.